The van der Waals surface area contributed by atoms with E-state index in [4.69, 9.17) is 28.7 Å². The van der Waals surface area contributed by atoms with E-state index in [2.05, 4.69) is 221 Å². The number of primary amides is 1. The van der Waals surface area contributed by atoms with Crippen LogP contribution in [0.25, 0.3) is 72.7 Å². The second kappa shape index (κ2) is 46.7. The SMILES string of the molecule is C.C.CC(=O)c1cn(C(C)C)nn1.CC(=O)c1cnn(C(C)C)c1.CC(C)C1C=Cc2c(N)ccnc21.CC(C)n1cnc(C(N)=O)n1.CC(C)n1cnc2c(N)cccc21.CC(C)n1cnc2c(N)cccc21.CC(C)n1cnc2c(N)ccnc21.CC(C)n1cnc2ccccc21.CC(C)n1cnc2cnc(N(C)C)nc21.Cc1ccnc2c1ncn2C(C)C. The average Bonchev–Trinajstić information content (AvgIpc) is 1.65. The summed E-state index contributed by atoms with van der Waals surface area (Å²) in [6, 6.07) is 28.8. The number of allylic oxidation sites excluding steroid dienone is 1. The molecule has 0 saturated carbocycles. The zero-order chi connectivity index (χ0) is 92.0. The highest BCUT2D eigenvalue weighted by Gasteiger charge is 2.23. The van der Waals surface area contributed by atoms with Gasteiger partial charge in [0.25, 0.3) is 5.91 Å². The first-order chi connectivity index (χ1) is 59.2. The van der Waals surface area contributed by atoms with Crippen molar-refractivity contribution in [2.45, 2.75) is 234 Å². The molecule has 10 N–H and O–H groups in total. The van der Waals surface area contributed by atoms with Crippen LogP contribution in [0.2, 0.25) is 0 Å². The third-order valence-corrected chi connectivity index (χ3v) is 19.7. The largest absolute Gasteiger partial charge is 0.398 e. The number of carbonyl (C=O) groups is 3. The number of anilines is 5. The van der Waals surface area contributed by atoms with Gasteiger partial charge in [-0.05, 0) is 205 Å². The Kier molecular flexibility index (Phi) is 37.4. The fraction of sp³-hybridized carbons (Fsp3) is 0.409. The van der Waals surface area contributed by atoms with Crippen molar-refractivity contribution >= 4 is 119 Å². The number of carbonyl (C=O) groups excluding carboxylic acids is 3. The van der Waals surface area contributed by atoms with Crippen LogP contribution < -0.4 is 33.6 Å². The van der Waals surface area contributed by atoms with Gasteiger partial charge in [0.1, 0.15) is 39.6 Å². The molecule has 34 heteroatoms. The van der Waals surface area contributed by atoms with E-state index in [1.807, 2.05) is 174 Å². The smallest absolute Gasteiger partial charge is 0.288 e. The standard InChI is InChI=1S/C11H14N2.C10H15N5.3C10H13N3.C10H12N2.C9H12N4.C8H12N2O.C7H11N3O.C6H10N4O.2CH4/c1-7(2)8-3-4-9-10(12)5-6-13-11(8)9;1-7(2)15-6-12-8-5-11-10(14(3)4)13-9(8)15;1-7(2)13-6-12-9-8(3)4-5-11-10(9)13;2*1-7(2)13-6-12-10-8(11)4-3-5-9(10)13;1-8(2)12-7-11-9-5-3-4-6-10(9)12;1-6(2)13-5-12-8-7(10)3-4-11-9(8)13;1-6(2)10-5-8(4-9-10)7(3)11;1-5(2)10-4-7(6(3)11)8-9-10;1-4(2)10-3-8-6(9-10)5(7)11;;/h3-8H,1-2H3,(H2,12,13);5-7H,1-4H3;4-7H,1-3H3;2*3-7H,11H2,1-2H3;3-8H,1-2H3;3-6H,1-2H3,(H2,10,11);4-6H,1-3H3;4-5H,1-3H3;3-4H,1-2H3,(H2,7,11);2*1H4. The van der Waals surface area contributed by atoms with Crippen LogP contribution in [0, 0.1) is 12.8 Å². The van der Waals surface area contributed by atoms with E-state index in [0.29, 0.717) is 77.0 Å². The summed E-state index contributed by atoms with van der Waals surface area (Å²) in [6.07, 6.45) is 28.9. The number of hydrogen-bond acceptors (Lipinski definition) is 24. The summed E-state index contributed by atoms with van der Waals surface area (Å²) in [5, 5.41) is 15.4. The molecule has 1 aliphatic rings. The maximum atomic E-state index is 10.8. The van der Waals surface area contributed by atoms with Crippen molar-refractivity contribution in [1.82, 2.24) is 122 Å². The van der Waals surface area contributed by atoms with Crippen molar-refractivity contribution in [3.8, 4) is 0 Å². The van der Waals surface area contributed by atoms with E-state index >= 15 is 0 Å². The number of aryl methyl sites for hydroxylation is 1. The minimum atomic E-state index is -0.593. The lowest BCUT2D eigenvalue weighted by atomic mass is 9.94. The molecule has 1 atom stereocenters. The molecule has 34 nitrogen and oxygen atoms in total. The minimum Gasteiger partial charge on any atom is -0.398 e. The molecule has 13 heterocycles. The molecule has 678 valence electrons. The maximum absolute atomic E-state index is 10.8. The number of aromatic nitrogens is 25. The van der Waals surface area contributed by atoms with Gasteiger partial charge in [-0.15, -0.1) is 10.2 Å². The highest BCUT2D eigenvalue weighted by atomic mass is 16.1. The lowest BCUT2D eigenvalue weighted by Crippen LogP contribution is -2.14. The number of para-hydroxylation sites is 4. The molecule has 0 fully saturated rings. The Bertz CT molecular complexity index is 5720. The molecule has 1 aliphatic carbocycles. The number of Topliss-reactive ketones (excluding diaryl/α,β-unsaturated/α-hetero) is 2. The number of nitrogens with zero attached hydrogens (tertiary/aromatic N) is 26. The third-order valence-electron chi connectivity index (χ3n) is 19.7. The summed E-state index contributed by atoms with van der Waals surface area (Å²) in [7, 11) is 3.86. The molecule has 0 aliphatic heterocycles. The molecule has 13 aromatic heterocycles. The van der Waals surface area contributed by atoms with E-state index in [1.54, 1.807) is 70.5 Å². The fourth-order valence-corrected chi connectivity index (χ4v) is 12.5. The Labute approximate surface area is 745 Å². The molecular weight excluding hydrogens is 1600 g/mol. The van der Waals surface area contributed by atoms with Crippen LogP contribution in [0.3, 0.4) is 0 Å². The number of hydrogen-bond donors (Lipinski definition) is 5. The van der Waals surface area contributed by atoms with Crippen molar-refractivity contribution in [3.63, 3.8) is 0 Å². The lowest BCUT2D eigenvalue weighted by molar-refractivity contribution is 0.0986. The number of amides is 1. The van der Waals surface area contributed by atoms with Crippen LogP contribution in [0.1, 0.15) is 276 Å². The molecule has 127 heavy (non-hydrogen) atoms. The minimum absolute atomic E-state index is 0. The number of ketones is 2. The van der Waals surface area contributed by atoms with Crippen molar-refractivity contribution in [2.24, 2.45) is 11.7 Å². The van der Waals surface area contributed by atoms with Gasteiger partial charge in [0.15, 0.2) is 28.5 Å². The first-order valence-electron chi connectivity index (χ1n) is 41.9. The molecule has 0 radical (unpaired) electrons. The van der Waals surface area contributed by atoms with Crippen LogP contribution in [-0.4, -0.2) is 153 Å². The molecule has 3 aromatic carbocycles. The molecule has 1 unspecified atom stereocenters. The summed E-state index contributed by atoms with van der Waals surface area (Å²) < 4.78 is 17.6. The normalized spacial score (nSPS) is 11.8. The first-order valence-corrected chi connectivity index (χ1v) is 41.9. The van der Waals surface area contributed by atoms with E-state index < -0.39 is 5.91 Å². The highest BCUT2D eigenvalue weighted by molar-refractivity contribution is 5.94. The van der Waals surface area contributed by atoms with Crippen LogP contribution in [0.4, 0.5) is 28.7 Å². The van der Waals surface area contributed by atoms with Gasteiger partial charge in [-0.2, -0.15) is 10.1 Å². The van der Waals surface area contributed by atoms with Gasteiger partial charge >= 0.3 is 0 Å². The van der Waals surface area contributed by atoms with Crippen molar-refractivity contribution in [1.29, 1.82) is 0 Å². The molecule has 1 amide bonds. The van der Waals surface area contributed by atoms with E-state index in [9.17, 15) is 14.4 Å². The topological polar surface area (TPSA) is 435 Å². The van der Waals surface area contributed by atoms with Crippen molar-refractivity contribution in [2.75, 3.05) is 41.9 Å². The van der Waals surface area contributed by atoms with Crippen LogP contribution >= 0.6 is 0 Å². The summed E-state index contributed by atoms with van der Waals surface area (Å²) in [5.41, 5.74) is 47.4. The second-order valence-corrected chi connectivity index (χ2v) is 33.0. The monoisotopic (exact) mass is 1730 g/mol. The highest BCUT2D eigenvalue weighted by Crippen LogP contribution is 2.36. The molecule has 17 rings (SSSR count). The molecule has 0 saturated heterocycles. The number of nitrogen functional groups attached to an aromatic ring is 4. The Balaban J connectivity index is 0.000000218. The summed E-state index contributed by atoms with van der Waals surface area (Å²) in [4.78, 5) is 85.0. The Morgan fingerprint density at radius 2 is 0.874 bits per heavy atom. The van der Waals surface area contributed by atoms with E-state index in [-0.39, 0.29) is 44.3 Å². The van der Waals surface area contributed by atoms with Gasteiger partial charge in [0, 0.05) is 117 Å². The van der Waals surface area contributed by atoms with Gasteiger partial charge in [0.2, 0.25) is 11.8 Å². The van der Waals surface area contributed by atoms with Crippen LogP contribution in [-0.2, 0) is 0 Å². The number of benzene rings is 3. The van der Waals surface area contributed by atoms with Crippen molar-refractivity contribution in [3.05, 3.63) is 207 Å². The molecule has 0 spiro atoms. The molecular formula is C93H133N31O3. The molecule has 0 bridgehead atoms. The number of fused-ring (bicyclic) bond motifs is 7. The molecule has 16 aromatic rings. The van der Waals surface area contributed by atoms with E-state index in [1.165, 1.54) is 24.3 Å². The van der Waals surface area contributed by atoms with Crippen LogP contribution in [0.5, 0.6) is 0 Å². The zero-order valence-corrected chi connectivity index (χ0v) is 76.8. The fourth-order valence-electron chi connectivity index (χ4n) is 12.5. The Morgan fingerprint density at radius 1 is 0.417 bits per heavy atom. The van der Waals surface area contributed by atoms with E-state index in [0.717, 1.165) is 89.4 Å². The summed E-state index contributed by atoms with van der Waals surface area (Å²) in [5.74, 6) is 1.24. The van der Waals surface area contributed by atoms with Gasteiger partial charge < -0.3 is 61.0 Å². The predicted octanol–water partition coefficient (Wildman–Crippen LogP) is 18.8. The number of imidazole rings is 6. The van der Waals surface area contributed by atoms with Gasteiger partial charge in [-0.1, -0.05) is 70.3 Å². The number of rotatable bonds is 14. The van der Waals surface area contributed by atoms with Gasteiger partial charge in [-0.25, -0.2) is 59.2 Å². The summed E-state index contributed by atoms with van der Waals surface area (Å²) in [6.45, 7) is 46.9. The lowest BCUT2D eigenvalue weighted by Gasteiger charge is -2.13. The van der Waals surface area contributed by atoms with Crippen molar-refractivity contribution < 1.29 is 14.4 Å². The third kappa shape index (κ3) is 26.6. The zero-order valence-electron chi connectivity index (χ0n) is 76.8. The first kappa shape index (κ1) is 102. The average molecular weight is 1730 g/mol. The predicted molar refractivity (Wildman–Crippen MR) is 515 cm³/mol. The van der Waals surface area contributed by atoms with Crippen LogP contribution in [0.15, 0.2) is 173 Å². The summed E-state index contributed by atoms with van der Waals surface area (Å²) >= 11 is 0. The maximum Gasteiger partial charge on any atom is 0.288 e. The second-order valence-electron chi connectivity index (χ2n) is 33.0. The number of pyridine rings is 3. The van der Waals surface area contributed by atoms with Gasteiger partial charge in [0.05, 0.1) is 107 Å². The number of nitrogens with two attached hydrogens (primary N) is 5. The Hall–Kier alpha value is -14.0. The van der Waals surface area contributed by atoms with Gasteiger partial charge in [-0.3, -0.25) is 24.0 Å². The quantitative estimate of drug-likeness (QED) is 0.0498. The Morgan fingerprint density at radius 3 is 1.35 bits per heavy atom.